The number of hydrogen-bond donors (Lipinski definition) is 1. The van der Waals surface area contributed by atoms with Crippen LogP contribution < -0.4 is 10.1 Å². The maximum absolute atomic E-state index is 13.1. The van der Waals surface area contributed by atoms with Gasteiger partial charge in [0.25, 0.3) is 0 Å². The highest BCUT2D eigenvalue weighted by Crippen LogP contribution is 2.47. The fraction of sp³-hybridized carbons (Fsp3) is 0.263. The summed E-state index contributed by atoms with van der Waals surface area (Å²) >= 11 is 0. The quantitative estimate of drug-likeness (QED) is 0.856. The largest absolute Gasteiger partial charge is 0.476 e. The van der Waals surface area contributed by atoms with E-state index in [4.69, 9.17) is 9.47 Å². The van der Waals surface area contributed by atoms with E-state index in [2.05, 4.69) is 5.32 Å². The van der Waals surface area contributed by atoms with E-state index >= 15 is 0 Å². The van der Waals surface area contributed by atoms with Gasteiger partial charge in [0.05, 0.1) is 18.6 Å². The first-order valence-electron chi connectivity index (χ1n) is 7.86. The van der Waals surface area contributed by atoms with Crippen molar-refractivity contribution in [3.63, 3.8) is 0 Å². The molecule has 0 radical (unpaired) electrons. The molecule has 1 spiro atoms. The number of para-hydroxylation sites is 1. The van der Waals surface area contributed by atoms with Crippen LogP contribution in [0, 0.1) is 0 Å². The minimum Gasteiger partial charge on any atom is -0.476 e. The predicted octanol–water partition coefficient (Wildman–Crippen LogP) is 1.93. The molecule has 5 nitrogen and oxygen atoms in total. The first-order valence-corrected chi connectivity index (χ1v) is 7.86. The van der Waals surface area contributed by atoms with Crippen LogP contribution in [0.3, 0.4) is 0 Å². The van der Waals surface area contributed by atoms with Gasteiger partial charge >= 0.3 is 5.97 Å². The number of ether oxygens (including phenoxy) is 2. The number of carbonyl (C=O) groups excluding carboxylic acids is 2. The smallest absolute Gasteiger partial charge is 0.323 e. The normalized spacial score (nSPS) is 27.8. The number of esters is 1. The maximum Gasteiger partial charge on any atom is 0.323 e. The first kappa shape index (κ1) is 14.9. The number of hydrogen-bond acceptors (Lipinski definition) is 5. The van der Waals surface area contributed by atoms with Gasteiger partial charge < -0.3 is 9.47 Å². The molecule has 2 aliphatic heterocycles. The Morgan fingerprint density at radius 3 is 2.58 bits per heavy atom. The molecule has 0 bridgehead atoms. The van der Waals surface area contributed by atoms with Gasteiger partial charge in [-0.25, -0.2) is 0 Å². The van der Waals surface area contributed by atoms with Gasteiger partial charge in [-0.1, -0.05) is 42.5 Å². The van der Waals surface area contributed by atoms with Gasteiger partial charge in [-0.3, -0.25) is 14.9 Å². The van der Waals surface area contributed by atoms with Crippen LogP contribution in [0.2, 0.25) is 0 Å². The third-order valence-electron chi connectivity index (χ3n) is 4.84. The zero-order chi connectivity index (χ0) is 16.7. The molecule has 5 heteroatoms. The number of nitrogens with one attached hydrogen (secondary N) is 1. The maximum atomic E-state index is 13.1. The molecule has 0 amide bonds. The van der Waals surface area contributed by atoms with Crippen LogP contribution in [0.1, 0.15) is 21.8 Å². The number of ketones is 1. The van der Waals surface area contributed by atoms with E-state index in [1.807, 2.05) is 42.5 Å². The Balaban J connectivity index is 1.84. The fourth-order valence-corrected chi connectivity index (χ4v) is 3.76. The summed E-state index contributed by atoms with van der Waals surface area (Å²) in [5.41, 5.74) is 0.314. The highest BCUT2D eigenvalue weighted by molar-refractivity contribution is 6.09. The summed E-state index contributed by atoms with van der Waals surface area (Å²) in [6.45, 7) is 0.264. The summed E-state index contributed by atoms with van der Waals surface area (Å²) in [6.07, 6.45) is 0. The molecule has 2 aromatic rings. The predicted molar refractivity (Wildman–Crippen MR) is 87.1 cm³/mol. The molecule has 2 aromatic carbocycles. The zero-order valence-electron chi connectivity index (χ0n) is 13.2. The van der Waals surface area contributed by atoms with E-state index in [9.17, 15) is 9.59 Å². The second kappa shape index (κ2) is 5.46. The number of Topliss-reactive ketones (excluding diaryl/α,β-unsaturated/α-hetero) is 1. The third kappa shape index (κ3) is 1.98. The van der Waals surface area contributed by atoms with Crippen LogP contribution >= 0.6 is 0 Å². The van der Waals surface area contributed by atoms with E-state index in [0.717, 1.165) is 5.56 Å². The Morgan fingerprint density at radius 2 is 1.88 bits per heavy atom. The first-order chi connectivity index (χ1) is 11.7. The molecule has 2 aliphatic rings. The van der Waals surface area contributed by atoms with E-state index in [-0.39, 0.29) is 12.3 Å². The SMILES string of the molecule is COC(=O)[C@@H]1NC[C@@]2(Oc3ccccc3C2=O)[C@H]1c1ccccc1. The van der Waals surface area contributed by atoms with Crippen LogP contribution in [0.4, 0.5) is 0 Å². The van der Waals surface area contributed by atoms with Crippen molar-refractivity contribution >= 4 is 11.8 Å². The standard InChI is InChI=1S/C19H17NO4/c1-23-18(22)16-15(12-7-3-2-4-8-12)19(11-20-16)17(21)13-9-5-6-10-14(13)24-19/h2-10,15-16,20H,11H2,1H3/t15-,16+,19+/m0/s1. The van der Waals surface area contributed by atoms with Gasteiger partial charge in [0.1, 0.15) is 11.8 Å². The lowest BCUT2D eigenvalue weighted by atomic mass is 9.77. The molecule has 2 heterocycles. The zero-order valence-corrected chi connectivity index (χ0v) is 13.2. The molecular weight excluding hydrogens is 306 g/mol. The van der Waals surface area contributed by atoms with E-state index < -0.39 is 23.5 Å². The van der Waals surface area contributed by atoms with Crippen LogP contribution in [0.15, 0.2) is 54.6 Å². The Kier molecular flexibility index (Phi) is 3.39. The van der Waals surface area contributed by atoms with Crippen LogP contribution in [-0.4, -0.2) is 37.0 Å². The fourth-order valence-electron chi connectivity index (χ4n) is 3.76. The minimum atomic E-state index is -1.12. The lowest BCUT2D eigenvalue weighted by Crippen LogP contribution is -2.48. The summed E-state index contributed by atoms with van der Waals surface area (Å²) in [5, 5.41) is 3.13. The van der Waals surface area contributed by atoms with Gasteiger partial charge in [0.2, 0.25) is 5.78 Å². The highest BCUT2D eigenvalue weighted by atomic mass is 16.5. The molecular formula is C19H17NO4. The van der Waals surface area contributed by atoms with Gasteiger partial charge in [0, 0.05) is 6.54 Å². The van der Waals surface area contributed by atoms with Crippen LogP contribution in [0.25, 0.3) is 0 Å². The summed E-state index contributed by atoms with van der Waals surface area (Å²) in [7, 11) is 1.35. The number of rotatable bonds is 2. The van der Waals surface area contributed by atoms with Gasteiger partial charge in [-0.2, -0.15) is 0 Å². The summed E-state index contributed by atoms with van der Waals surface area (Å²) < 4.78 is 11.1. The Labute approximate surface area is 139 Å². The van der Waals surface area contributed by atoms with E-state index in [1.54, 1.807) is 12.1 Å². The van der Waals surface area contributed by atoms with Crippen molar-refractivity contribution in [2.24, 2.45) is 0 Å². The minimum absolute atomic E-state index is 0.0918. The van der Waals surface area contributed by atoms with Gasteiger partial charge in [0.15, 0.2) is 5.60 Å². The Hall–Kier alpha value is -2.66. The van der Waals surface area contributed by atoms with Crippen molar-refractivity contribution in [2.45, 2.75) is 17.6 Å². The second-order valence-corrected chi connectivity index (χ2v) is 6.09. The lowest BCUT2D eigenvalue weighted by molar-refractivity contribution is -0.143. The van der Waals surface area contributed by atoms with Crippen molar-refractivity contribution in [3.8, 4) is 5.75 Å². The summed E-state index contributed by atoms with van der Waals surface area (Å²) in [5.74, 6) is -0.374. The van der Waals surface area contributed by atoms with E-state index in [1.165, 1.54) is 7.11 Å². The molecule has 1 N–H and O–H groups in total. The van der Waals surface area contributed by atoms with Crippen molar-refractivity contribution in [1.29, 1.82) is 0 Å². The van der Waals surface area contributed by atoms with E-state index in [0.29, 0.717) is 11.3 Å². The topological polar surface area (TPSA) is 64.6 Å². The third-order valence-corrected chi connectivity index (χ3v) is 4.84. The molecule has 0 saturated carbocycles. The monoisotopic (exact) mass is 323 g/mol. The molecule has 3 atom stereocenters. The molecule has 1 saturated heterocycles. The molecule has 0 unspecified atom stereocenters. The van der Waals surface area contributed by atoms with Gasteiger partial charge in [-0.15, -0.1) is 0 Å². The van der Waals surface area contributed by atoms with Crippen molar-refractivity contribution in [2.75, 3.05) is 13.7 Å². The number of fused-ring (bicyclic) bond motifs is 1. The Morgan fingerprint density at radius 1 is 1.17 bits per heavy atom. The van der Waals surface area contributed by atoms with Crippen molar-refractivity contribution in [3.05, 3.63) is 65.7 Å². The number of carbonyl (C=O) groups is 2. The molecule has 0 aromatic heterocycles. The number of benzene rings is 2. The lowest BCUT2D eigenvalue weighted by Gasteiger charge is -2.30. The summed E-state index contributed by atoms with van der Waals surface area (Å²) in [4.78, 5) is 25.4. The molecule has 1 fully saturated rings. The van der Waals surface area contributed by atoms with Crippen LogP contribution in [-0.2, 0) is 9.53 Å². The average molecular weight is 323 g/mol. The molecule has 0 aliphatic carbocycles. The summed E-state index contributed by atoms with van der Waals surface area (Å²) in [6, 6.07) is 16.1. The molecule has 24 heavy (non-hydrogen) atoms. The second-order valence-electron chi connectivity index (χ2n) is 6.09. The molecule has 4 rings (SSSR count). The van der Waals surface area contributed by atoms with Gasteiger partial charge in [-0.05, 0) is 17.7 Å². The Bertz CT molecular complexity index is 804. The highest BCUT2D eigenvalue weighted by Gasteiger charge is 2.61. The van der Waals surface area contributed by atoms with Crippen molar-refractivity contribution in [1.82, 2.24) is 5.32 Å². The van der Waals surface area contributed by atoms with Crippen molar-refractivity contribution < 1.29 is 19.1 Å². The average Bonchev–Trinajstić information content (AvgIpc) is 3.14. The van der Waals surface area contributed by atoms with Crippen LogP contribution in [0.5, 0.6) is 5.75 Å². The molecule has 122 valence electrons. The number of methoxy groups -OCH3 is 1.